The van der Waals surface area contributed by atoms with E-state index in [1.165, 1.54) is 22.4 Å². The number of esters is 1. The van der Waals surface area contributed by atoms with Crippen LogP contribution >= 0.6 is 0 Å². The molecule has 0 bridgehead atoms. The lowest BCUT2D eigenvalue weighted by molar-refractivity contribution is -0.148. The zero-order valence-electron chi connectivity index (χ0n) is 19.2. The second-order valence-corrected chi connectivity index (χ2v) is 10.2. The summed E-state index contributed by atoms with van der Waals surface area (Å²) in [5.41, 5.74) is 1.15. The molecule has 0 saturated carbocycles. The number of piperidine rings is 1. The van der Waals surface area contributed by atoms with Crippen molar-refractivity contribution >= 4 is 27.6 Å². The van der Waals surface area contributed by atoms with Crippen LogP contribution in [0.1, 0.15) is 24.8 Å². The van der Waals surface area contributed by atoms with Gasteiger partial charge in [-0.25, -0.2) is 13.2 Å². The third-order valence-corrected chi connectivity index (χ3v) is 7.88. The van der Waals surface area contributed by atoms with Crippen LogP contribution in [0.3, 0.4) is 0 Å². The molecule has 2 aromatic rings. The summed E-state index contributed by atoms with van der Waals surface area (Å²) in [6, 6.07) is 11.6. The standard InChI is InChI=1S/C24H28N2O7S/c1-17-14-18(34(29,30)25-12-6-3-7-13-25)10-11-20(17)32-16-23(27)26-15-22(24(28)31-2)33-21-9-5-4-8-19(21)26/h4-5,8-11,14,22H,3,6-7,12-13,15-16H2,1-2H3/t22-/m0/s1. The average Bonchev–Trinajstić information content (AvgIpc) is 2.87. The number of methoxy groups -OCH3 is 1. The molecule has 34 heavy (non-hydrogen) atoms. The van der Waals surface area contributed by atoms with Gasteiger partial charge in [0.05, 0.1) is 24.2 Å². The minimum Gasteiger partial charge on any atom is -0.483 e. The smallest absolute Gasteiger partial charge is 0.348 e. The second kappa shape index (κ2) is 10.0. The SMILES string of the molecule is COC(=O)[C@@H]1CN(C(=O)COc2ccc(S(=O)(=O)N3CCCCC3)cc2C)c2ccccc2O1. The van der Waals surface area contributed by atoms with E-state index in [0.717, 1.165) is 19.3 Å². The highest BCUT2D eigenvalue weighted by atomic mass is 32.2. The Kier molecular flexibility index (Phi) is 7.08. The van der Waals surface area contributed by atoms with Crippen molar-refractivity contribution < 1.29 is 32.2 Å². The van der Waals surface area contributed by atoms with Crippen LogP contribution in [0.2, 0.25) is 0 Å². The number of amides is 1. The summed E-state index contributed by atoms with van der Waals surface area (Å²) in [4.78, 5) is 26.7. The fourth-order valence-corrected chi connectivity index (χ4v) is 5.74. The van der Waals surface area contributed by atoms with Gasteiger partial charge in [0.15, 0.2) is 6.61 Å². The number of carbonyl (C=O) groups excluding carboxylic acids is 2. The van der Waals surface area contributed by atoms with Crippen molar-refractivity contribution in [2.45, 2.75) is 37.2 Å². The van der Waals surface area contributed by atoms with Crippen LogP contribution in [0.25, 0.3) is 0 Å². The van der Waals surface area contributed by atoms with E-state index in [9.17, 15) is 18.0 Å². The molecule has 4 rings (SSSR count). The Morgan fingerprint density at radius 1 is 1.09 bits per heavy atom. The first-order valence-corrected chi connectivity index (χ1v) is 12.6. The molecule has 2 aliphatic rings. The fourth-order valence-electron chi connectivity index (χ4n) is 4.14. The van der Waals surface area contributed by atoms with E-state index in [-0.39, 0.29) is 24.0 Å². The Labute approximate surface area is 199 Å². The average molecular weight is 489 g/mol. The summed E-state index contributed by atoms with van der Waals surface area (Å²) >= 11 is 0. The Bertz CT molecular complexity index is 1180. The molecule has 0 radical (unpaired) electrons. The molecule has 0 aromatic heterocycles. The van der Waals surface area contributed by atoms with Gasteiger partial charge in [0, 0.05) is 13.1 Å². The summed E-state index contributed by atoms with van der Waals surface area (Å²) in [6.45, 7) is 2.51. The van der Waals surface area contributed by atoms with Gasteiger partial charge in [0.1, 0.15) is 11.5 Å². The van der Waals surface area contributed by atoms with Crippen LogP contribution < -0.4 is 14.4 Å². The number of hydrogen-bond donors (Lipinski definition) is 0. The summed E-state index contributed by atoms with van der Waals surface area (Å²) < 4.78 is 43.6. The largest absolute Gasteiger partial charge is 0.483 e. The minimum atomic E-state index is -3.56. The maximum Gasteiger partial charge on any atom is 0.348 e. The highest BCUT2D eigenvalue weighted by Crippen LogP contribution is 2.33. The molecule has 1 fully saturated rings. The van der Waals surface area contributed by atoms with Gasteiger partial charge >= 0.3 is 5.97 Å². The molecule has 1 saturated heterocycles. The molecule has 0 unspecified atom stereocenters. The van der Waals surface area contributed by atoms with E-state index in [4.69, 9.17) is 14.2 Å². The van der Waals surface area contributed by atoms with Gasteiger partial charge < -0.3 is 19.1 Å². The van der Waals surface area contributed by atoms with Crippen molar-refractivity contribution in [3.05, 3.63) is 48.0 Å². The molecule has 1 atom stereocenters. The summed E-state index contributed by atoms with van der Waals surface area (Å²) in [5, 5.41) is 0. The molecule has 10 heteroatoms. The molecule has 1 amide bonds. The lowest BCUT2D eigenvalue weighted by Gasteiger charge is -2.33. The van der Waals surface area contributed by atoms with E-state index >= 15 is 0 Å². The van der Waals surface area contributed by atoms with Gasteiger partial charge in [-0.15, -0.1) is 0 Å². The van der Waals surface area contributed by atoms with E-state index in [1.54, 1.807) is 43.3 Å². The van der Waals surface area contributed by atoms with Gasteiger partial charge in [-0.1, -0.05) is 18.6 Å². The van der Waals surface area contributed by atoms with Gasteiger partial charge in [0.2, 0.25) is 16.1 Å². The van der Waals surface area contributed by atoms with Crippen molar-refractivity contribution in [3.63, 3.8) is 0 Å². The predicted octanol–water partition coefficient (Wildman–Crippen LogP) is 2.52. The van der Waals surface area contributed by atoms with E-state index in [1.807, 2.05) is 0 Å². The molecular formula is C24H28N2O7S. The van der Waals surface area contributed by atoms with Gasteiger partial charge in [-0.05, 0) is 55.7 Å². The monoisotopic (exact) mass is 488 g/mol. The van der Waals surface area contributed by atoms with Crippen LogP contribution in [0.4, 0.5) is 5.69 Å². The second-order valence-electron chi connectivity index (χ2n) is 8.28. The van der Waals surface area contributed by atoms with Crippen molar-refractivity contribution in [3.8, 4) is 11.5 Å². The minimum absolute atomic E-state index is 0.00210. The van der Waals surface area contributed by atoms with Gasteiger partial charge in [-0.3, -0.25) is 4.79 Å². The van der Waals surface area contributed by atoms with E-state index < -0.39 is 22.1 Å². The van der Waals surface area contributed by atoms with Crippen molar-refractivity contribution in [1.82, 2.24) is 4.31 Å². The number of aryl methyl sites for hydroxylation is 1. The molecule has 0 aliphatic carbocycles. The Balaban J connectivity index is 1.47. The highest BCUT2D eigenvalue weighted by Gasteiger charge is 2.34. The predicted molar refractivity (Wildman–Crippen MR) is 125 cm³/mol. The maximum absolute atomic E-state index is 13.0. The number of nitrogens with zero attached hydrogens (tertiary/aromatic N) is 2. The van der Waals surface area contributed by atoms with Crippen molar-refractivity contribution in [2.24, 2.45) is 0 Å². The normalized spacial score (nSPS) is 18.5. The summed E-state index contributed by atoms with van der Waals surface area (Å²) in [7, 11) is -2.29. The molecule has 0 spiro atoms. The van der Waals surface area contributed by atoms with Crippen molar-refractivity contribution in [1.29, 1.82) is 0 Å². The first kappa shape index (κ1) is 24.0. The first-order valence-electron chi connectivity index (χ1n) is 11.2. The Morgan fingerprint density at radius 2 is 1.82 bits per heavy atom. The third kappa shape index (κ3) is 4.88. The lowest BCUT2D eigenvalue weighted by atomic mass is 10.2. The molecule has 0 N–H and O–H groups in total. The van der Waals surface area contributed by atoms with Crippen LogP contribution in [-0.4, -0.2) is 64.1 Å². The van der Waals surface area contributed by atoms with Crippen LogP contribution in [0, 0.1) is 6.92 Å². The number of hydrogen-bond acceptors (Lipinski definition) is 7. The van der Waals surface area contributed by atoms with Gasteiger partial charge in [-0.2, -0.15) is 4.31 Å². The number of para-hydroxylation sites is 2. The first-order chi connectivity index (χ1) is 16.3. The summed E-state index contributed by atoms with van der Waals surface area (Å²) in [5.74, 6) is -0.124. The molecular weight excluding hydrogens is 460 g/mol. The maximum atomic E-state index is 13.0. The number of carbonyl (C=O) groups is 2. The summed E-state index contributed by atoms with van der Waals surface area (Å²) in [6.07, 6.45) is 1.83. The van der Waals surface area contributed by atoms with Crippen LogP contribution in [0.5, 0.6) is 11.5 Å². The number of benzene rings is 2. The van der Waals surface area contributed by atoms with E-state index in [0.29, 0.717) is 35.8 Å². The molecule has 2 aromatic carbocycles. The van der Waals surface area contributed by atoms with Crippen molar-refractivity contribution in [2.75, 3.05) is 38.3 Å². The Hall–Kier alpha value is -3.11. The number of ether oxygens (including phenoxy) is 3. The number of sulfonamides is 1. The third-order valence-electron chi connectivity index (χ3n) is 5.99. The number of fused-ring (bicyclic) bond motifs is 1. The topological polar surface area (TPSA) is 102 Å². The molecule has 2 aliphatic heterocycles. The van der Waals surface area contributed by atoms with Gasteiger partial charge in [0.25, 0.3) is 5.91 Å². The van der Waals surface area contributed by atoms with Crippen LogP contribution in [0.15, 0.2) is 47.4 Å². The number of rotatable bonds is 6. The number of anilines is 1. The lowest BCUT2D eigenvalue weighted by Crippen LogP contribution is -2.48. The quantitative estimate of drug-likeness (QED) is 0.576. The zero-order chi connectivity index (χ0) is 24.3. The zero-order valence-corrected chi connectivity index (χ0v) is 20.0. The highest BCUT2D eigenvalue weighted by molar-refractivity contribution is 7.89. The molecule has 9 nitrogen and oxygen atoms in total. The van der Waals surface area contributed by atoms with Crippen LogP contribution in [-0.2, 0) is 24.3 Å². The fraction of sp³-hybridized carbons (Fsp3) is 0.417. The molecule has 182 valence electrons. The van der Waals surface area contributed by atoms with E-state index in [2.05, 4.69) is 0 Å². The molecule has 2 heterocycles. The Morgan fingerprint density at radius 3 is 2.53 bits per heavy atom.